The normalized spacial score (nSPS) is 19.8. The first kappa shape index (κ1) is 25.6. The minimum atomic E-state index is -0.933. The Morgan fingerprint density at radius 2 is 1.46 bits per heavy atom. The van der Waals surface area contributed by atoms with Crippen LogP contribution in [0.25, 0.3) is 5.69 Å². The molecule has 0 aliphatic carbocycles. The Labute approximate surface area is 212 Å². The van der Waals surface area contributed by atoms with Gasteiger partial charge in [0.15, 0.2) is 11.6 Å². The first-order valence-corrected chi connectivity index (χ1v) is 11.8. The number of aryl methyl sites for hydroxylation is 1. The molecule has 1 N–H and O–H groups in total. The lowest BCUT2D eigenvalue weighted by atomic mass is 9.30. The molecule has 6 nitrogen and oxygen atoms in total. The van der Waals surface area contributed by atoms with Crippen LogP contribution in [0.15, 0.2) is 42.7 Å². The predicted molar refractivity (Wildman–Crippen MR) is 159 cm³/mol. The summed E-state index contributed by atoms with van der Waals surface area (Å²) >= 11 is 0. The van der Waals surface area contributed by atoms with Gasteiger partial charge in [-0.15, -0.1) is 5.10 Å². The molecule has 1 aromatic heterocycles. The van der Waals surface area contributed by atoms with Crippen LogP contribution in [0.4, 0.5) is 26.1 Å². The van der Waals surface area contributed by atoms with Crippen LogP contribution in [0, 0.1) is 18.6 Å². The first-order chi connectivity index (χ1) is 16.0. The highest BCUT2D eigenvalue weighted by Gasteiger charge is 2.58. The molecule has 2 aromatic carbocycles. The van der Waals surface area contributed by atoms with Crippen molar-refractivity contribution in [3.8, 4) is 5.69 Å². The first-order valence-electron chi connectivity index (χ1n) is 11.8. The molecule has 16 heteroatoms. The maximum absolute atomic E-state index is 13.7. The second kappa shape index (κ2) is 8.29. The van der Waals surface area contributed by atoms with Gasteiger partial charge in [0.1, 0.15) is 69.1 Å². The molecule has 1 aliphatic rings. The van der Waals surface area contributed by atoms with E-state index in [4.69, 9.17) is 4.74 Å². The van der Waals surface area contributed by atoms with E-state index in [9.17, 15) is 8.78 Å². The van der Waals surface area contributed by atoms with E-state index in [1.165, 1.54) is 17.1 Å². The molecule has 0 bridgehead atoms. The number of rotatable bonds is 4. The average molecular weight is 466 g/mol. The maximum atomic E-state index is 13.7. The topological polar surface area (TPSA) is 55.2 Å². The number of benzene rings is 2. The van der Waals surface area contributed by atoms with Crippen LogP contribution in [0.2, 0.25) is 0 Å². The molecule has 0 unspecified atom stereocenters. The van der Waals surface area contributed by atoms with Crippen molar-refractivity contribution in [1.29, 1.82) is 0 Å². The summed E-state index contributed by atoms with van der Waals surface area (Å²) in [6, 6.07) is 9.91. The summed E-state index contributed by atoms with van der Waals surface area (Å²) in [5.74, 6) is -1.48. The van der Waals surface area contributed by atoms with Crippen molar-refractivity contribution in [3.63, 3.8) is 0 Å². The van der Waals surface area contributed by atoms with Crippen LogP contribution in [0.1, 0.15) is 5.56 Å². The molecule has 172 valence electrons. The summed E-state index contributed by atoms with van der Waals surface area (Å²) in [5.41, 5.74) is 3.36. The van der Waals surface area contributed by atoms with Crippen molar-refractivity contribution in [2.45, 2.75) is 28.4 Å². The van der Waals surface area contributed by atoms with Crippen LogP contribution in [-0.2, 0) is 4.74 Å². The van der Waals surface area contributed by atoms with Crippen molar-refractivity contribution in [3.05, 3.63) is 59.9 Å². The van der Waals surface area contributed by atoms with Gasteiger partial charge in [0.25, 0.3) is 0 Å². The highest BCUT2D eigenvalue weighted by Crippen LogP contribution is 2.43. The number of hydrogen-bond donors (Lipinski definition) is 1. The van der Waals surface area contributed by atoms with Gasteiger partial charge in [-0.05, 0) is 53.5 Å². The predicted octanol–water partition coefficient (Wildman–Crippen LogP) is -4.89. The molecule has 0 atom stereocenters. The Bertz CT molecular complexity index is 1260. The molecule has 0 amide bonds. The van der Waals surface area contributed by atoms with E-state index in [2.05, 4.69) is 102 Å². The Kier molecular flexibility index (Phi) is 6.06. The van der Waals surface area contributed by atoms with Crippen molar-refractivity contribution in [2.24, 2.45) is 0 Å². The lowest BCUT2D eigenvalue weighted by Gasteiger charge is -2.69. The van der Waals surface area contributed by atoms with Crippen LogP contribution in [0.3, 0.4) is 0 Å². The zero-order valence-electron chi connectivity index (χ0n) is 22.0. The molecule has 4 rings (SSSR count). The fourth-order valence-electron chi connectivity index (χ4n) is 4.94. The van der Waals surface area contributed by atoms with Gasteiger partial charge in [0.2, 0.25) is 5.95 Å². The number of ether oxygens (including phenoxy) is 1. The summed E-state index contributed by atoms with van der Waals surface area (Å²) in [7, 11) is 17.4. The molecular formula is C19H27B8F2N5O. The highest BCUT2D eigenvalue weighted by molar-refractivity contribution is 6.61. The third kappa shape index (κ3) is 4.34. The Hall–Kier alpha value is -2.48. The number of anilines is 3. The average Bonchev–Trinajstić information content (AvgIpc) is 3.16. The van der Waals surface area contributed by atoms with E-state index in [0.717, 1.165) is 29.1 Å². The van der Waals surface area contributed by atoms with Crippen LogP contribution in [0.5, 0.6) is 0 Å². The van der Waals surface area contributed by atoms with E-state index < -0.39 is 22.4 Å². The highest BCUT2D eigenvalue weighted by atomic mass is 19.2. The smallest absolute Gasteiger partial charge is 0.246 e. The molecule has 1 aliphatic heterocycles. The number of aromatic nitrogens is 3. The monoisotopic (exact) mass is 467 g/mol. The van der Waals surface area contributed by atoms with Gasteiger partial charge in [-0.25, -0.2) is 13.5 Å². The van der Waals surface area contributed by atoms with Gasteiger partial charge in [-0.2, -0.15) is 4.98 Å². The molecule has 0 saturated carbocycles. The maximum Gasteiger partial charge on any atom is 0.246 e. The standard InChI is InChI=1S/C19H27B8F2N5O/c1-9-4-10(31-15-30-8-33(32-15)11-2-3-13(28)14(29)7-11)6-12(5-9)34-16(20,21)18(24,25)35-19(26,27)17(34,22)23/h2-8H,20-27H2,1H3,(H,31,32). The second-order valence-corrected chi connectivity index (χ2v) is 11.4. The largest absolute Gasteiger partial charge is 0.402 e. The third-order valence-electron chi connectivity index (χ3n) is 7.81. The van der Waals surface area contributed by atoms with Crippen molar-refractivity contribution in [2.75, 3.05) is 10.2 Å². The summed E-state index contributed by atoms with van der Waals surface area (Å²) in [5, 5.41) is 6.21. The zero-order valence-corrected chi connectivity index (χ0v) is 22.0. The van der Waals surface area contributed by atoms with Gasteiger partial charge in [-0.3, -0.25) is 0 Å². The van der Waals surface area contributed by atoms with Crippen LogP contribution < -0.4 is 10.2 Å². The minimum Gasteiger partial charge on any atom is -0.402 e. The summed E-state index contributed by atoms with van der Waals surface area (Å²) in [6.07, 6.45) is 1.46. The van der Waals surface area contributed by atoms with Gasteiger partial charge in [-0.1, -0.05) is 0 Å². The summed E-state index contributed by atoms with van der Waals surface area (Å²) in [4.78, 5) is 6.76. The lowest BCUT2D eigenvalue weighted by molar-refractivity contribution is -0.0253. The molecule has 1 fully saturated rings. The quantitative estimate of drug-likeness (QED) is 0.392. The van der Waals surface area contributed by atoms with E-state index in [1.807, 2.05) is 6.07 Å². The van der Waals surface area contributed by atoms with Crippen molar-refractivity contribution >= 4 is 80.1 Å². The summed E-state index contributed by atoms with van der Waals surface area (Å²) < 4.78 is 35.0. The Morgan fingerprint density at radius 3 is 2.06 bits per heavy atom. The van der Waals surface area contributed by atoms with Gasteiger partial charge in [0, 0.05) is 28.2 Å². The molecular weight excluding hydrogens is 439 g/mol. The SMILES string of the molecule is BC1(B)OC(B)(B)C(B)(B)N(c2cc(C)cc(Nc3ncn(-c4ccc(F)c(F)c4)n3)c2)C1(B)B. The van der Waals surface area contributed by atoms with Gasteiger partial charge >= 0.3 is 0 Å². The molecule has 1 saturated heterocycles. The van der Waals surface area contributed by atoms with E-state index in [1.54, 1.807) is 0 Å². The van der Waals surface area contributed by atoms with Crippen LogP contribution in [-0.4, -0.2) is 99.0 Å². The van der Waals surface area contributed by atoms with E-state index in [-0.39, 0.29) is 10.7 Å². The Balaban J connectivity index is 1.70. The van der Waals surface area contributed by atoms with E-state index >= 15 is 0 Å². The Morgan fingerprint density at radius 1 is 0.829 bits per heavy atom. The fraction of sp³-hybridized carbons (Fsp3) is 0.263. The second-order valence-electron chi connectivity index (χ2n) is 11.4. The lowest BCUT2D eigenvalue weighted by Crippen LogP contribution is -2.86. The molecule has 0 spiro atoms. The molecule has 3 aromatic rings. The number of morpholine rings is 1. The summed E-state index contributed by atoms with van der Waals surface area (Å²) in [6.45, 7) is 2.05. The third-order valence-corrected chi connectivity index (χ3v) is 7.81. The molecule has 35 heavy (non-hydrogen) atoms. The molecule has 0 radical (unpaired) electrons. The zero-order chi connectivity index (χ0) is 26.0. The fourth-order valence-corrected chi connectivity index (χ4v) is 4.94. The van der Waals surface area contributed by atoms with Gasteiger partial charge < -0.3 is 15.0 Å². The molecule has 2 heterocycles. The minimum absolute atomic E-state index is 0.316. The van der Waals surface area contributed by atoms with Crippen molar-refractivity contribution < 1.29 is 13.5 Å². The number of hydrogen-bond acceptors (Lipinski definition) is 5. The number of nitrogens with one attached hydrogen (secondary N) is 1. The van der Waals surface area contributed by atoms with Crippen LogP contribution >= 0.6 is 0 Å². The van der Waals surface area contributed by atoms with E-state index in [0.29, 0.717) is 11.6 Å². The number of halogens is 2. The van der Waals surface area contributed by atoms with Crippen molar-refractivity contribution in [1.82, 2.24) is 14.8 Å². The number of nitrogens with zero attached hydrogens (tertiary/aromatic N) is 4. The van der Waals surface area contributed by atoms with Gasteiger partial charge in [0.05, 0.1) is 5.69 Å².